The van der Waals surface area contributed by atoms with Crippen LogP contribution in [0, 0.1) is 0 Å². The lowest BCUT2D eigenvalue weighted by atomic mass is 9.95. The molecule has 0 saturated carbocycles. The molecule has 2 amide bonds. The molecule has 4 rings (SSSR count). The maximum absolute atomic E-state index is 13.1. The maximum atomic E-state index is 13.1. The molecule has 2 aliphatic rings. The van der Waals surface area contributed by atoms with Crippen LogP contribution in [0.3, 0.4) is 0 Å². The lowest BCUT2D eigenvalue weighted by Gasteiger charge is -2.41. The van der Waals surface area contributed by atoms with Crippen molar-refractivity contribution < 1.29 is 27.5 Å². The summed E-state index contributed by atoms with van der Waals surface area (Å²) >= 11 is 12.1. The van der Waals surface area contributed by atoms with Crippen molar-refractivity contribution in [1.29, 1.82) is 0 Å². The summed E-state index contributed by atoms with van der Waals surface area (Å²) in [5.74, 6) is -0.639. The van der Waals surface area contributed by atoms with Gasteiger partial charge in [-0.1, -0.05) is 23.2 Å². The highest BCUT2D eigenvalue weighted by atomic mass is 35.5. The predicted molar refractivity (Wildman–Crippen MR) is 136 cm³/mol. The number of carbonyl (C=O) groups excluding carboxylic acids is 2. The molecular formula is C26H28Cl2F3N3O3. The van der Waals surface area contributed by atoms with Gasteiger partial charge in [0.05, 0.1) is 5.02 Å². The summed E-state index contributed by atoms with van der Waals surface area (Å²) in [5, 5.41) is 5.81. The molecule has 0 radical (unpaired) electrons. The van der Waals surface area contributed by atoms with E-state index in [2.05, 4.69) is 10.2 Å². The number of anilines is 1. The van der Waals surface area contributed by atoms with E-state index >= 15 is 0 Å². The third-order valence-corrected chi connectivity index (χ3v) is 7.28. The molecule has 0 aliphatic carbocycles. The number of rotatable bonds is 7. The Balaban J connectivity index is 1.35. The molecule has 2 unspecified atom stereocenters. The molecule has 0 aromatic heterocycles. The zero-order valence-electron chi connectivity index (χ0n) is 20.4. The third kappa shape index (κ3) is 6.62. The van der Waals surface area contributed by atoms with Crippen LogP contribution in [0.25, 0.3) is 0 Å². The first-order chi connectivity index (χ1) is 17.3. The first kappa shape index (κ1) is 27.4. The van der Waals surface area contributed by atoms with Gasteiger partial charge < -0.3 is 20.3 Å². The number of carbonyl (C=O) groups is 2. The van der Waals surface area contributed by atoms with Gasteiger partial charge in [0.1, 0.15) is 12.3 Å². The summed E-state index contributed by atoms with van der Waals surface area (Å²) in [7, 11) is 0. The number of ether oxygens (including phenoxy) is 1. The van der Waals surface area contributed by atoms with E-state index < -0.39 is 24.2 Å². The number of hydrogen-bond acceptors (Lipinski definition) is 4. The molecule has 2 bridgehead atoms. The van der Waals surface area contributed by atoms with Crippen molar-refractivity contribution in [2.75, 3.05) is 11.4 Å². The zero-order chi connectivity index (χ0) is 27.0. The third-order valence-electron chi connectivity index (χ3n) is 6.75. The van der Waals surface area contributed by atoms with E-state index in [-0.39, 0.29) is 29.6 Å². The highest BCUT2D eigenvalue weighted by molar-refractivity contribution is 6.35. The Morgan fingerprint density at radius 1 is 1.03 bits per heavy atom. The van der Waals surface area contributed by atoms with Crippen molar-refractivity contribution in [3.05, 3.63) is 58.1 Å². The number of hydrogen-bond donors (Lipinski definition) is 2. The Morgan fingerprint density at radius 2 is 1.65 bits per heavy atom. The van der Waals surface area contributed by atoms with Crippen LogP contribution in [0.4, 0.5) is 18.9 Å². The highest BCUT2D eigenvalue weighted by Gasteiger charge is 2.42. The average molecular weight is 558 g/mol. The van der Waals surface area contributed by atoms with Crippen LogP contribution in [-0.2, 0) is 4.79 Å². The van der Waals surface area contributed by atoms with E-state index in [1.807, 2.05) is 5.32 Å². The van der Waals surface area contributed by atoms with E-state index in [4.69, 9.17) is 27.9 Å². The van der Waals surface area contributed by atoms with Gasteiger partial charge in [0.2, 0.25) is 0 Å². The van der Waals surface area contributed by atoms with E-state index in [1.54, 1.807) is 44.2 Å². The smallest absolute Gasteiger partial charge is 0.405 e. The van der Waals surface area contributed by atoms with Gasteiger partial charge in [-0.15, -0.1) is 0 Å². The number of amides is 2. The predicted octanol–water partition coefficient (Wildman–Crippen LogP) is 5.76. The second-order valence-corrected chi connectivity index (χ2v) is 10.8. The van der Waals surface area contributed by atoms with E-state index in [0.717, 1.165) is 31.4 Å². The van der Waals surface area contributed by atoms with Gasteiger partial charge in [0, 0.05) is 34.4 Å². The molecule has 2 atom stereocenters. The van der Waals surface area contributed by atoms with Gasteiger partial charge >= 0.3 is 6.18 Å². The molecule has 200 valence electrons. The molecule has 2 saturated heterocycles. The van der Waals surface area contributed by atoms with Gasteiger partial charge in [0.15, 0.2) is 5.60 Å². The lowest BCUT2D eigenvalue weighted by molar-refractivity contribution is -0.135. The fourth-order valence-electron chi connectivity index (χ4n) is 5.02. The Hall–Kier alpha value is -2.65. The zero-order valence-corrected chi connectivity index (χ0v) is 21.9. The minimum Gasteiger partial charge on any atom is -0.476 e. The monoisotopic (exact) mass is 557 g/mol. The number of nitrogens with zero attached hydrogens (tertiary/aromatic N) is 1. The molecular weight excluding hydrogens is 530 g/mol. The minimum absolute atomic E-state index is 0.0303. The molecule has 2 aliphatic heterocycles. The summed E-state index contributed by atoms with van der Waals surface area (Å²) in [6, 6.07) is 11.8. The van der Waals surface area contributed by atoms with Crippen LogP contribution >= 0.6 is 23.2 Å². The number of halogens is 5. The first-order valence-corrected chi connectivity index (χ1v) is 12.8. The molecule has 0 spiro atoms. The van der Waals surface area contributed by atoms with Gasteiger partial charge in [-0.05, 0) is 82.0 Å². The largest absolute Gasteiger partial charge is 0.476 e. The van der Waals surface area contributed by atoms with Crippen molar-refractivity contribution in [3.8, 4) is 5.75 Å². The van der Waals surface area contributed by atoms with Gasteiger partial charge in [-0.3, -0.25) is 9.59 Å². The summed E-state index contributed by atoms with van der Waals surface area (Å²) in [5.41, 5.74) is -0.0768. The summed E-state index contributed by atoms with van der Waals surface area (Å²) in [6.07, 6.45) is -1.04. The summed E-state index contributed by atoms with van der Waals surface area (Å²) in [4.78, 5) is 27.4. The lowest BCUT2D eigenvalue weighted by Crippen LogP contribution is -2.55. The van der Waals surface area contributed by atoms with Crippen LogP contribution in [0.2, 0.25) is 10.0 Å². The van der Waals surface area contributed by atoms with E-state index in [1.165, 1.54) is 12.1 Å². The van der Waals surface area contributed by atoms with Crippen molar-refractivity contribution >= 4 is 40.7 Å². The standard InChI is InChI=1S/C26H28Cl2F3N3O3/c1-25(2,37-22-10-5-16(27)11-21(22)28)24(36)33-17-12-19-8-9-20(13-17)34(19)18-6-3-15(4-7-18)23(35)32-14-26(29,30)31/h3-7,10-11,17,19-20H,8-9,12-14H2,1-2H3,(H,32,35)(H,33,36). The fourth-order valence-corrected chi connectivity index (χ4v) is 5.47. The Bertz CT molecular complexity index is 1140. The molecule has 37 heavy (non-hydrogen) atoms. The van der Waals surface area contributed by atoms with E-state index in [0.29, 0.717) is 15.8 Å². The summed E-state index contributed by atoms with van der Waals surface area (Å²) < 4.78 is 43.0. The fraction of sp³-hybridized carbons (Fsp3) is 0.462. The van der Waals surface area contributed by atoms with Crippen molar-refractivity contribution in [2.24, 2.45) is 0 Å². The second-order valence-electron chi connectivity index (χ2n) is 9.97. The summed E-state index contributed by atoms with van der Waals surface area (Å²) in [6.45, 7) is 2.00. The average Bonchev–Trinajstić information content (AvgIpc) is 3.09. The molecule has 2 aromatic rings. The van der Waals surface area contributed by atoms with Crippen molar-refractivity contribution in [3.63, 3.8) is 0 Å². The van der Waals surface area contributed by atoms with Gasteiger partial charge in [-0.2, -0.15) is 13.2 Å². The van der Waals surface area contributed by atoms with Gasteiger partial charge in [0.25, 0.3) is 11.8 Å². The normalized spacial score (nSPS) is 21.5. The van der Waals surface area contributed by atoms with Crippen LogP contribution in [0.5, 0.6) is 5.75 Å². The van der Waals surface area contributed by atoms with Crippen LogP contribution in [-0.4, -0.2) is 48.3 Å². The molecule has 2 heterocycles. The molecule has 11 heteroatoms. The number of fused-ring (bicyclic) bond motifs is 2. The second kappa shape index (κ2) is 10.6. The SMILES string of the molecule is CC(C)(Oc1ccc(Cl)cc1Cl)C(=O)NC1CC2CCC(C1)N2c1ccc(C(=O)NCC(F)(F)F)cc1. The first-order valence-electron chi connectivity index (χ1n) is 12.0. The van der Waals surface area contributed by atoms with Crippen molar-refractivity contribution in [1.82, 2.24) is 10.6 Å². The topological polar surface area (TPSA) is 70.7 Å². The highest BCUT2D eigenvalue weighted by Crippen LogP contribution is 2.40. The van der Waals surface area contributed by atoms with Crippen molar-refractivity contribution in [2.45, 2.75) is 69.4 Å². The number of benzene rings is 2. The number of piperidine rings is 1. The van der Waals surface area contributed by atoms with Crippen LogP contribution in [0.15, 0.2) is 42.5 Å². The van der Waals surface area contributed by atoms with Gasteiger partial charge in [-0.25, -0.2) is 0 Å². The Morgan fingerprint density at radius 3 is 2.22 bits per heavy atom. The Labute approximate surface area is 223 Å². The quantitative estimate of drug-likeness (QED) is 0.454. The maximum Gasteiger partial charge on any atom is 0.405 e. The minimum atomic E-state index is -4.46. The Kier molecular flexibility index (Phi) is 7.85. The van der Waals surface area contributed by atoms with Crippen LogP contribution < -0.4 is 20.3 Å². The molecule has 2 fully saturated rings. The number of nitrogens with one attached hydrogen (secondary N) is 2. The molecule has 2 N–H and O–H groups in total. The van der Waals surface area contributed by atoms with Crippen LogP contribution in [0.1, 0.15) is 49.9 Å². The molecule has 6 nitrogen and oxygen atoms in total. The van der Waals surface area contributed by atoms with E-state index in [9.17, 15) is 22.8 Å². The number of alkyl halides is 3. The molecule has 2 aromatic carbocycles.